The highest BCUT2D eigenvalue weighted by Crippen LogP contribution is 2.38. The van der Waals surface area contributed by atoms with E-state index in [0.717, 1.165) is 24.3 Å². The lowest BCUT2D eigenvalue weighted by Gasteiger charge is -2.30. The van der Waals surface area contributed by atoms with Crippen LogP contribution in [0.1, 0.15) is 44.3 Å². The zero-order chi connectivity index (χ0) is 13.1. The Balaban J connectivity index is 2.08. The Morgan fingerprint density at radius 2 is 1.94 bits per heavy atom. The van der Waals surface area contributed by atoms with E-state index in [2.05, 4.69) is 6.92 Å². The molecule has 1 N–H and O–H groups in total. The first-order valence-corrected chi connectivity index (χ1v) is 7.01. The Morgan fingerprint density at radius 1 is 1.28 bits per heavy atom. The monoisotopic (exact) mass is 268 g/mol. The van der Waals surface area contributed by atoms with Crippen LogP contribution in [0.15, 0.2) is 18.2 Å². The van der Waals surface area contributed by atoms with E-state index in [0.29, 0.717) is 16.7 Å². The number of ether oxygens (including phenoxy) is 1. The molecule has 1 aliphatic rings. The van der Waals surface area contributed by atoms with Crippen molar-refractivity contribution < 1.29 is 9.84 Å². The van der Waals surface area contributed by atoms with Crippen molar-refractivity contribution in [2.24, 2.45) is 11.8 Å². The van der Waals surface area contributed by atoms with E-state index in [-0.39, 0.29) is 0 Å². The predicted molar refractivity (Wildman–Crippen MR) is 74.1 cm³/mol. The van der Waals surface area contributed by atoms with Crippen LogP contribution >= 0.6 is 11.6 Å². The van der Waals surface area contributed by atoms with Crippen LogP contribution in [-0.4, -0.2) is 12.2 Å². The second kappa shape index (κ2) is 5.94. The van der Waals surface area contributed by atoms with E-state index in [1.807, 2.05) is 18.2 Å². The third kappa shape index (κ3) is 2.99. The van der Waals surface area contributed by atoms with Crippen molar-refractivity contribution in [2.75, 3.05) is 7.11 Å². The van der Waals surface area contributed by atoms with E-state index in [1.165, 1.54) is 12.8 Å². The van der Waals surface area contributed by atoms with Gasteiger partial charge in [0.15, 0.2) is 0 Å². The first-order chi connectivity index (χ1) is 8.61. The topological polar surface area (TPSA) is 29.5 Å². The average Bonchev–Trinajstić information content (AvgIpc) is 2.38. The molecule has 1 aromatic carbocycles. The highest BCUT2D eigenvalue weighted by molar-refractivity contribution is 6.32. The van der Waals surface area contributed by atoms with Gasteiger partial charge in [-0.15, -0.1) is 0 Å². The Bertz CT molecular complexity index is 397. The van der Waals surface area contributed by atoms with Gasteiger partial charge in [0, 0.05) is 0 Å². The summed E-state index contributed by atoms with van der Waals surface area (Å²) >= 11 is 6.10. The molecular weight excluding hydrogens is 248 g/mol. The molecule has 0 bridgehead atoms. The number of halogens is 1. The molecule has 1 atom stereocenters. The van der Waals surface area contributed by atoms with Gasteiger partial charge < -0.3 is 9.84 Å². The molecule has 1 aliphatic carbocycles. The van der Waals surface area contributed by atoms with E-state index in [9.17, 15) is 5.11 Å². The number of hydrogen-bond donors (Lipinski definition) is 1. The second-order valence-corrected chi connectivity index (χ2v) is 5.77. The quantitative estimate of drug-likeness (QED) is 0.890. The van der Waals surface area contributed by atoms with Gasteiger partial charge in [0.1, 0.15) is 5.75 Å². The molecular formula is C15H21ClO2. The minimum atomic E-state index is -0.402. The van der Waals surface area contributed by atoms with Gasteiger partial charge in [-0.3, -0.25) is 0 Å². The smallest absolute Gasteiger partial charge is 0.137 e. The van der Waals surface area contributed by atoms with Crippen molar-refractivity contribution in [1.82, 2.24) is 0 Å². The fraction of sp³-hybridized carbons (Fsp3) is 0.600. The maximum absolute atomic E-state index is 10.4. The summed E-state index contributed by atoms with van der Waals surface area (Å²) in [5, 5.41) is 11.0. The molecule has 1 fully saturated rings. The molecule has 1 aromatic rings. The Morgan fingerprint density at radius 3 is 2.50 bits per heavy atom. The van der Waals surface area contributed by atoms with Gasteiger partial charge in [-0.2, -0.15) is 0 Å². The summed E-state index contributed by atoms with van der Waals surface area (Å²) in [6, 6.07) is 5.56. The average molecular weight is 269 g/mol. The summed E-state index contributed by atoms with van der Waals surface area (Å²) in [5.74, 6) is 1.82. The van der Waals surface area contributed by atoms with Crippen LogP contribution < -0.4 is 4.74 Å². The molecule has 0 heterocycles. The molecule has 0 aliphatic heterocycles. The summed E-state index contributed by atoms with van der Waals surface area (Å²) < 4.78 is 5.13. The van der Waals surface area contributed by atoms with Crippen LogP contribution in [0.2, 0.25) is 5.02 Å². The lowest BCUT2D eigenvalue weighted by atomic mass is 9.78. The van der Waals surface area contributed by atoms with Gasteiger partial charge in [-0.1, -0.05) is 37.4 Å². The molecule has 0 aromatic heterocycles. The molecule has 1 unspecified atom stereocenters. The fourth-order valence-electron chi connectivity index (χ4n) is 2.74. The van der Waals surface area contributed by atoms with Gasteiger partial charge >= 0.3 is 0 Å². The zero-order valence-corrected chi connectivity index (χ0v) is 11.8. The highest BCUT2D eigenvalue weighted by Gasteiger charge is 2.26. The number of methoxy groups -OCH3 is 1. The van der Waals surface area contributed by atoms with E-state index in [1.54, 1.807) is 7.11 Å². The van der Waals surface area contributed by atoms with Gasteiger partial charge in [-0.25, -0.2) is 0 Å². The molecule has 0 radical (unpaired) electrons. The van der Waals surface area contributed by atoms with Crippen LogP contribution in [0, 0.1) is 11.8 Å². The first kappa shape index (κ1) is 13.7. The van der Waals surface area contributed by atoms with Crippen molar-refractivity contribution in [3.63, 3.8) is 0 Å². The van der Waals surface area contributed by atoms with Crippen LogP contribution in [0.4, 0.5) is 0 Å². The largest absolute Gasteiger partial charge is 0.495 e. The van der Waals surface area contributed by atoms with Gasteiger partial charge in [0.25, 0.3) is 0 Å². The van der Waals surface area contributed by atoms with Crippen LogP contribution in [0.3, 0.4) is 0 Å². The predicted octanol–water partition coefficient (Wildman–Crippen LogP) is 4.21. The van der Waals surface area contributed by atoms with E-state index in [4.69, 9.17) is 16.3 Å². The molecule has 18 heavy (non-hydrogen) atoms. The summed E-state index contributed by atoms with van der Waals surface area (Å²) in [6.07, 6.45) is 4.23. The lowest BCUT2D eigenvalue weighted by Crippen LogP contribution is -2.19. The van der Waals surface area contributed by atoms with Crippen molar-refractivity contribution in [3.8, 4) is 5.75 Å². The van der Waals surface area contributed by atoms with Crippen molar-refractivity contribution in [2.45, 2.75) is 38.7 Å². The SMILES string of the molecule is COc1ccc(C(O)C2CCC(C)CC2)cc1Cl. The third-order valence-electron chi connectivity index (χ3n) is 4.02. The normalized spacial score (nSPS) is 25.8. The fourth-order valence-corrected chi connectivity index (χ4v) is 3.01. The van der Waals surface area contributed by atoms with Crippen LogP contribution in [0.25, 0.3) is 0 Å². The zero-order valence-electron chi connectivity index (χ0n) is 11.0. The first-order valence-electron chi connectivity index (χ1n) is 6.63. The molecule has 3 heteroatoms. The van der Waals surface area contributed by atoms with Gasteiger partial charge in [0.05, 0.1) is 18.2 Å². The molecule has 0 spiro atoms. The second-order valence-electron chi connectivity index (χ2n) is 5.36. The minimum absolute atomic E-state index is 0.366. The van der Waals surface area contributed by atoms with E-state index < -0.39 is 6.10 Å². The van der Waals surface area contributed by atoms with Crippen LogP contribution in [-0.2, 0) is 0 Å². The standard InChI is InChI=1S/C15H21ClO2/c1-10-3-5-11(6-4-10)15(17)12-7-8-14(18-2)13(16)9-12/h7-11,15,17H,3-6H2,1-2H3. The molecule has 0 amide bonds. The third-order valence-corrected chi connectivity index (χ3v) is 4.32. The summed E-state index contributed by atoms with van der Waals surface area (Å²) in [5.41, 5.74) is 0.903. The van der Waals surface area contributed by atoms with E-state index >= 15 is 0 Å². The highest BCUT2D eigenvalue weighted by atomic mass is 35.5. The van der Waals surface area contributed by atoms with Crippen LogP contribution in [0.5, 0.6) is 5.75 Å². The number of benzene rings is 1. The van der Waals surface area contributed by atoms with Gasteiger partial charge in [0.2, 0.25) is 0 Å². The number of aliphatic hydroxyl groups is 1. The maximum Gasteiger partial charge on any atom is 0.137 e. The molecule has 2 nitrogen and oxygen atoms in total. The Labute approximate surface area is 114 Å². The maximum atomic E-state index is 10.4. The lowest BCUT2D eigenvalue weighted by molar-refractivity contribution is 0.0755. The van der Waals surface area contributed by atoms with Crippen molar-refractivity contribution >= 4 is 11.6 Å². The summed E-state index contributed by atoms with van der Waals surface area (Å²) in [6.45, 7) is 2.28. The number of aliphatic hydroxyl groups excluding tert-OH is 1. The summed E-state index contributed by atoms with van der Waals surface area (Å²) in [7, 11) is 1.60. The minimum Gasteiger partial charge on any atom is -0.495 e. The Hall–Kier alpha value is -0.730. The molecule has 100 valence electrons. The molecule has 2 rings (SSSR count). The van der Waals surface area contributed by atoms with Crippen molar-refractivity contribution in [1.29, 1.82) is 0 Å². The molecule has 1 saturated carbocycles. The molecule has 0 saturated heterocycles. The Kier molecular flexibility index (Phi) is 4.52. The summed E-state index contributed by atoms with van der Waals surface area (Å²) in [4.78, 5) is 0. The van der Waals surface area contributed by atoms with Gasteiger partial charge in [-0.05, 0) is 42.4 Å². The van der Waals surface area contributed by atoms with Crippen molar-refractivity contribution in [3.05, 3.63) is 28.8 Å². The number of rotatable bonds is 3. The number of hydrogen-bond acceptors (Lipinski definition) is 2.